The Morgan fingerprint density at radius 1 is 1.18 bits per heavy atom. The van der Waals surface area contributed by atoms with Gasteiger partial charge in [0.15, 0.2) is 0 Å². The van der Waals surface area contributed by atoms with Crippen LogP contribution in [0.3, 0.4) is 0 Å². The maximum Gasteiger partial charge on any atom is 0.326 e. The summed E-state index contributed by atoms with van der Waals surface area (Å²) in [5, 5.41) is 19.1. The van der Waals surface area contributed by atoms with Crippen molar-refractivity contribution in [2.24, 2.45) is 5.92 Å². The van der Waals surface area contributed by atoms with Gasteiger partial charge < -0.3 is 10.4 Å². The molecule has 0 aliphatic rings. The molecule has 2 aromatic rings. The molecule has 1 aromatic carbocycles. The third-order valence-electron chi connectivity index (χ3n) is 3.16. The average molecular weight is 302 g/mol. The van der Waals surface area contributed by atoms with Crippen molar-refractivity contribution in [1.82, 2.24) is 20.1 Å². The molecule has 1 amide bonds. The molecule has 1 unspecified atom stereocenters. The summed E-state index contributed by atoms with van der Waals surface area (Å²) in [5.74, 6) is -1.25. The molecule has 1 heterocycles. The topological polar surface area (TPSA) is 97.1 Å². The molecule has 0 aliphatic carbocycles. The van der Waals surface area contributed by atoms with Gasteiger partial charge in [-0.15, -0.1) is 10.2 Å². The number of amides is 1. The quantitative estimate of drug-likeness (QED) is 0.842. The highest BCUT2D eigenvalue weighted by molar-refractivity contribution is 5.96. The minimum absolute atomic E-state index is 0.178. The van der Waals surface area contributed by atoms with Gasteiger partial charge in [-0.1, -0.05) is 13.8 Å². The molecular formula is C15H18N4O3. The van der Waals surface area contributed by atoms with Crippen LogP contribution in [0.15, 0.2) is 36.9 Å². The lowest BCUT2D eigenvalue weighted by molar-refractivity contribution is -0.139. The van der Waals surface area contributed by atoms with Gasteiger partial charge in [0.05, 0.1) is 0 Å². The third kappa shape index (κ3) is 3.91. The Morgan fingerprint density at radius 3 is 2.27 bits per heavy atom. The van der Waals surface area contributed by atoms with Gasteiger partial charge in [-0.3, -0.25) is 9.36 Å². The summed E-state index contributed by atoms with van der Waals surface area (Å²) < 4.78 is 1.71. The number of hydrogen-bond donors (Lipinski definition) is 2. The molecule has 0 saturated carbocycles. The van der Waals surface area contributed by atoms with E-state index in [1.54, 1.807) is 41.5 Å². The van der Waals surface area contributed by atoms with Crippen LogP contribution in [0.4, 0.5) is 0 Å². The van der Waals surface area contributed by atoms with Crippen LogP contribution >= 0.6 is 0 Å². The number of rotatable bonds is 6. The molecule has 7 nitrogen and oxygen atoms in total. The number of benzene rings is 1. The molecule has 2 rings (SSSR count). The zero-order chi connectivity index (χ0) is 16.1. The molecule has 116 valence electrons. The Hall–Kier alpha value is -2.70. The highest BCUT2D eigenvalue weighted by atomic mass is 16.4. The summed E-state index contributed by atoms with van der Waals surface area (Å²) in [6.45, 7) is 3.83. The first kappa shape index (κ1) is 15.7. The fourth-order valence-electron chi connectivity index (χ4n) is 2.05. The molecule has 0 bridgehead atoms. The minimum Gasteiger partial charge on any atom is -0.480 e. The molecule has 22 heavy (non-hydrogen) atoms. The van der Waals surface area contributed by atoms with Gasteiger partial charge in [0, 0.05) is 11.3 Å². The normalized spacial score (nSPS) is 12.1. The average Bonchev–Trinajstić information content (AvgIpc) is 3.00. The zero-order valence-corrected chi connectivity index (χ0v) is 12.4. The number of aliphatic carboxylic acids is 1. The van der Waals surface area contributed by atoms with Gasteiger partial charge in [0.1, 0.15) is 18.7 Å². The lowest BCUT2D eigenvalue weighted by Gasteiger charge is -2.16. The number of nitrogens with one attached hydrogen (secondary N) is 1. The first-order valence-electron chi connectivity index (χ1n) is 6.96. The van der Waals surface area contributed by atoms with Crippen LogP contribution in [-0.2, 0) is 4.79 Å². The molecule has 0 radical (unpaired) electrons. The van der Waals surface area contributed by atoms with Crippen molar-refractivity contribution in [1.29, 1.82) is 0 Å². The van der Waals surface area contributed by atoms with Crippen LogP contribution in [0.5, 0.6) is 0 Å². The van der Waals surface area contributed by atoms with Crippen molar-refractivity contribution in [3.8, 4) is 5.69 Å². The Balaban J connectivity index is 2.07. The maximum absolute atomic E-state index is 12.1. The van der Waals surface area contributed by atoms with Crippen molar-refractivity contribution in [2.75, 3.05) is 0 Å². The van der Waals surface area contributed by atoms with Gasteiger partial charge in [0.2, 0.25) is 0 Å². The first-order chi connectivity index (χ1) is 10.5. The fraction of sp³-hybridized carbons (Fsp3) is 0.333. The first-order valence-corrected chi connectivity index (χ1v) is 6.96. The van der Waals surface area contributed by atoms with Gasteiger partial charge in [-0.2, -0.15) is 0 Å². The van der Waals surface area contributed by atoms with Crippen LogP contribution < -0.4 is 5.32 Å². The van der Waals surface area contributed by atoms with Crippen molar-refractivity contribution in [3.05, 3.63) is 42.5 Å². The van der Waals surface area contributed by atoms with E-state index in [-0.39, 0.29) is 5.92 Å². The molecule has 0 saturated heterocycles. The number of hydrogen-bond acceptors (Lipinski definition) is 4. The number of aromatic nitrogens is 3. The summed E-state index contributed by atoms with van der Waals surface area (Å²) in [6, 6.07) is 5.88. The number of carbonyl (C=O) groups excluding carboxylic acids is 1. The SMILES string of the molecule is CC(C)CC(NC(=O)c1ccc(-n2cnnc2)cc1)C(=O)O. The smallest absolute Gasteiger partial charge is 0.326 e. The zero-order valence-electron chi connectivity index (χ0n) is 12.4. The highest BCUT2D eigenvalue weighted by Crippen LogP contribution is 2.10. The molecule has 0 aliphatic heterocycles. The molecule has 0 fully saturated rings. The number of carbonyl (C=O) groups is 2. The molecule has 2 N–H and O–H groups in total. The van der Waals surface area contributed by atoms with Gasteiger partial charge in [-0.25, -0.2) is 4.79 Å². The Labute approximate surface area is 128 Å². The van der Waals surface area contributed by atoms with E-state index < -0.39 is 17.9 Å². The Bertz CT molecular complexity index is 635. The van der Waals surface area contributed by atoms with E-state index >= 15 is 0 Å². The van der Waals surface area contributed by atoms with E-state index in [4.69, 9.17) is 5.11 Å². The molecule has 1 aromatic heterocycles. The fourth-order valence-corrected chi connectivity index (χ4v) is 2.05. The number of carboxylic acids is 1. The second kappa shape index (κ2) is 6.84. The van der Waals surface area contributed by atoms with Crippen molar-refractivity contribution in [3.63, 3.8) is 0 Å². The maximum atomic E-state index is 12.1. The van der Waals surface area contributed by atoms with E-state index in [9.17, 15) is 9.59 Å². The summed E-state index contributed by atoms with van der Waals surface area (Å²) in [5.41, 5.74) is 1.23. The lowest BCUT2D eigenvalue weighted by atomic mass is 10.0. The van der Waals surface area contributed by atoms with Crippen molar-refractivity contribution >= 4 is 11.9 Å². The van der Waals surface area contributed by atoms with Gasteiger partial charge >= 0.3 is 5.97 Å². The van der Waals surface area contributed by atoms with Crippen molar-refractivity contribution in [2.45, 2.75) is 26.3 Å². The lowest BCUT2D eigenvalue weighted by Crippen LogP contribution is -2.41. The van der Waals surface area contributed by atoms with E-state index in [2.05, 4.69) is 15.5 Å². The van der Waals surface area contributed by atoms with Crippen LogP contribution in [0, 0.1) is 5.92 Å². The van der Waals surface area contributed by atoms with Gasteiger partial charge in [-0.05, 0) is 36.6 Å². The van der Waals surface area contributed by atoms with E-state index in [0.717, 1.165) is 5.69 Å². The molecule has 1 atom stereocenters. The standard InChI is InChI=1S/C15H18N4O3/c1-10(2)7-13(15(21)22)18-14(20)11-3-5-12(6-4-11)19-8-16-17-9-19/h3-6,8-10,13H,7H2,1-2H3,(H,18,20)(H,21,22). The largest absolute Gasteiger partial charge is 0.480 e. The summed E-state index contributed by atoms with van der Waals surface area (Å²) in [4.78, 5) is 23.3. The van der Waals surface area contributed by atoms with Crippen LogP contribution in [0.25, 0.3) is 5.69 Å². The predicted octanol–water partition coefficient (Wildman–Crippen LogP) is 1.50. The van der Waals surface area contributed by atoms with Crippen LogP contribution in [0.2, 0.25) is 0 Å². The summed E-state index contributed by atoms with van der Waals surface area (Å²) in [6.07, 6.45) is 3.50. The summed E-state index contributed by atoms with van der Waals surface area (Å²) in [7, 11) is 0. The predicted molar refractivity (Wildman–Crippen MR) is 79.7 cm³/mol. The monoisotopic (exact) mass is 302 g/mol. The minimum atomic E-state index is -1.02. The van der Waals surface area contributed by atoms with E-state index in [1.165, 1.54) is 0 Å². The highest BCUT2D eigenvalue weighted by Gasteiger charge is 2.21. The number of nitrogens with zero attached hydrogens (tertiary/aromatic N) is 3. The Kier molecular flexibility index (Phi) is 4.88. The Morgan fingerprint density at radius 2 is 1.77 bits per heavy atom. The second-order valence-corrected chi connectivity index (χ2v) is 5.41. The molecule has 7 heteroatoms. The van der Waals surface area contributed by atoms with E-state index in [0.29, 0.717) is 12.0 Å². The van der Waals surface area contributed by atoms with Crippen LogP contribution in [-0.4, -0.2) is 37.8 Å². The third-order valence-corrected chi connectivity index (χ3v) is 3.16. The summed E-state index contributed by atoms with van der Waals surface area (Å²) >= 11 is 0. The van der Waals surface area contributed by atoms with Gasteiger partial charge in [0.25, 0.3) is 5.91 Å². The van der Waals surface area contributed by atoms with Crippen LogP contribution in [0.1, 0.15) is 30.6 Å². The molecule has 0 spiro atoms. The second-order valence-electron chi connectivity index (χ2n) is 5.41. The molecular weight excluding hydrogens is 284 g/mol. The number of carboxylic acid groups (broad SMARTS) is 1. The van der Waals surface area contributed by atoms with E-state index in [1.807, 2.05) is 13.8 Å². The van der Waals surface area contributed by atoms with Crippen molar-refractivity contribution < 1.29 is 14.7 Å².